The fourth-order valence-electron chi connectivity index (χ4n) is 4.54. The molecule has 1 atom stereocenters. The Morgan fingerprint density at radius 2 is 1.62 bits per heavy atom. The summed E-state index contributed by atoms with van der Waals surface area (Å²) in [6.45, 7) is 4.06. The topological polar surface area (TPSA) is 57.6 Å². The third-order valence-electron chi connectivity index (χ3n) is 6.23. The summed E-state index contributed by atoms with van der Waals surface area (Å²) in [7, 11) is 0. The van der Waals surface area contributed by atoms with E-state index in [0.29, 0.717) is 5.56 Å². The first-order valence-corrected chi connectivity index (χ1v) is 10.5. The maximum Gasteiger partial charge on any atom is 0.295 e. The number of aliphatic hydroxyl groups is 1. The summed E-state index contributed by atoms with van der Waals surface area (Å²) in [6, 6.07) is 14.9. The van der Waals surface area contributed by atoms with Gasteiger partial charge in [-0.05, 0) is 37.3 Å². The average molecular weight is 389 g/mol. The van der Waals surface area contributed by atoms with E-state index in [2.05, 4.69) is 6.92 Å². The standard InChI is InChI=1S/C25H27NO3/c1-3-17-10-14-18(15-11-17)22-21(23(27)19-12-8-16(2)9-13-19)24(28)25(29)26(22)20-6-4-5-7-20/h8-15,20,22,27H,3-7H2,1-2H3/b23-21-. The molecule has 0 bridgehead atoms. The molecule has 4 rings (SSSR count). The molecule has 4 nitrogen and oxygen atoms in total. The maximum atomic E-state index is 13.1. The number of benzene rings is 2. The zero-order valence-electron chi connectivity index (χ0n) is 17.0. The van der Waals surface area contributed by atoms with Gasteiger partial charge in [-0.2, -0.15) is 0 Å². The van der Waals surface area contributed by atoms with Crippen LogP contribution in [0, 0.1) is 6.92 Å². The van der Waals surface area contributed by atoms with Crippen LogP contribution in [0.15, 0.2) is 54.1 Å². The second-order valence-electron chi connectivity index (χ2n) is 8.11. The van der Waals surface area contributed by atoms with E-state index in [0.717, 1.165) is 43.2 Å². The molecule has 150 valence electrons. The number of aryl methyl sites for hydroxylation is 2. The molecule has 1 saturated carbocycles. The summed E-state index contributed by atoms with van der Waals surface area (Å²) < 4.78 is 0. The molecule has 2 aromatic rings. The second kappa shape index (κ2) is 7.86. The van der Waals surface area contributed by atoms with Crippen LogP contribution in [0.4, 0.5) is 0 Å². The van der Waals surface area contributed by atoms with Crippen LogP contribution in [-0.4, -0.2) is 27.7 Å². The van der Waals surface area contributed by atoms with Gasteiger partial charge in [-0.25, -0.2) is 0 Å². The van der Waals surface area contributed by atoms with Crippen molar-refractivity contribution in [1.29, 1.82) is 0 Å². The highest BCUT2D eigenvalue weighted by Gasteiger charge is 2.49. The Morgan fingerprint density at radius 3 is 2.21 bits per heavy atom. The molecule has 1 aliphatic carbocycles. The van der Waals surface area contributed by atoms with Crippen LogP contribution < -0.4 is 0 Å². The van der Waals surface area contributed by atoms with E-state index in [9.17, 15) is 14.7 Å². The first-order valence-electron chi connectivity index (χ1n) is 10.5. The highest BCUT2D eigenvalue weighted by molar-refractivity contribution is 6.46. The average Bonchev–Trinajstić information content (AvgIpc) is 3.35. The largest absolute Gasteiger partial charge is 0.507 e. The van der Waals surface area contributed by atoms with Crippen molar-refractivity contribution >= 4 is 17.4 Å². The number of carbonyl (C=O) groups is 2. The molecule has 2 aliphatic rings. The Bertz CT molecular complexity index is 951. The van der Waals surface area contributed by atoms with Crippen LogP contribution >= 0.6 is 0 Å². The minimum absolute atomic E-state index is 0.0469. The summed E-state index contributed by atoms with van der Waals surface area (Å²) in [5.41, 5.74) is 3.91. The number of aliphatic hydroxyl groups excluding tert-OH is 1. The van der Waals surface area contributed by atoms with Gasteiger partial charge in [-0.3, -0.25) is 9.59 Å². The number of carbonyl (C=O) groups excluding carboxylic acids is 2. The van der Waals surface area contributed by atoms with Crippen molar-refractivity contribution in [3.63, 3.8) is 0 Å². The van der Waals surface area contributed by atoms with Crippen LogP contribution in [0.25, 0.3) is 5.76 Å². The minimum Gasteiger partial charge on any atom is -0.507 e. The lowest BCUT2D eigenvalue weighted by atomic mass is 9.93. The smallest absolute Gasteiger partial charge is 0.295 e. The van der Waals surface area contributed by atoms with E-state index < -0.39 is 17.7 Å². The molecule has 2 fully saturated rings. The maximum absolute atomic E-state index is 13.1. The van der Waals surface area contributed by atoms with Crippen LogP contribution in [-0.2, 0) is 16.0 Å². The molecule has 29 heavy (non-hydrogen) atoms. The van der Waals surface area contributed by atoms with Gasteiger partial charge >= 0.3 is 0 Å². The van der Waals surface area contributed by atoms with Gasteiger partial charge in [-0.1, -0.05) is 73.9 Å². The van der Waals surface area contributed by atoms with E-state index in [1.807, 2.05) is 43.3 Å². The number of hydrogen-bond acceptors (Lipinski definition) is 3. The summed E-state index contributed by atoms with van der Waals surface area (Å²) >= 11 is 0. The van der Waals surface area contributed by atoms with Gasteiger partial charge in [0.05, 0.1) is 11.6 Å². The van der Waals surface area contributed by atoms with Gasteiger partial charge in [0.2, 0.25) is 0 Å². The van der Waals surface area contributed by atoms with Gasteiger partial charge in [0.15, 0.2) is 0 Å². The van der Waals surface area contributed by atoms with Crippen molar-refractivity contribution in [2.24, 2.45) is 0 Å². The number of likely N-dealkylation sites (tertiary alicyclic amines) is 1. The highest BCUT2D eigenvalue weighted by Crippen LogP contribution is 2.43. The molecule has 1 heterocycles. The Labute approximate surface area is 171 Å². The summed E-state index contributed by atoms with van der Waals surface area (Å²) in [5, 5.41) is 11.1. The van der Waals surface area contributed by atoms with Crippen molar-refractivity contribution < 1.29 is 14.7 Å². The fraction of sp³-hybridized carbons (Fsp3) is 0.360. The number of nitrogens with zero attached hydrogens (tertiary/aromatic N) is 1. The van der Waals surface area contributed by atoms with Crippen LogP contribution in [0.2, 0.25) is 0 Å². The minimum atomic E-state index is -0.584. The zero-order valence-corrected chi connectivity index (χ0v) is 17.0. The van der Waals surface area contributed by atoms with Gasteiger partial charge in [-0.15, -0.1) is 0 Å². The quantitative estimate of drug-likeness (QED) is 0.459. The first kappa shape index (κ1) is 19.4. The van der Waals surface area contributed by atoms with Crippen molar-refractivity contribution in [1.82, 2.24) is 4.90 Å². The van der Waals surface area contributed by atoms with Gasteiger partial charge < -0.3 is 10.0 Å². The summed E-state index contributed by atoms with van der Waals surface area (Å²) in [6.07, 6.45) is 4.86. The lowest BCUT2D eigenvalue weighted by molar-refractivity contribution is -0.141. The van der Waals surface area contributed by atoms with E-state index in [1.165, 1.54) is 5.56 Å². The van der Waals surface area contributed by atoms with Crippen LogP contribution in [0.1, 0.15) is 60.9 Å². The van der Waals surface area contributed by atoms with Gasteiger partial charge in [0, 0.05) is 11.6 Å². The van der Waals surface area contributed by atoms with Crippen molar-refractivity contribution in [2.75, 3.05) is 0 Å². The lowest BCUT2D eigenvalue weighted by Gasteiger charge is -2.30. The van der Waals surface area contributed by atoms with E-state index in [4.69, 9.17) is 0 Å². The van der Waals surface area contributed by atoms with E-state index in [1.54, 1.807) is 17.0 Å². The molecule has 0 radical (unpaired) electrons. The predicted molar refractivity (Wildman–Crippen MR) is 113 cm³/mol. The van der Waals surface area contributed by atoms with E-state index in [-0.39, 0.29) is 17.4 Å². The third kappa shape index (κ3) is 3.48. The van der Waals surface area contributed by atoms with Gasteiger partial charge in [0.25, 0.3) is 11.7 Å². The molecular weight excluding hydrogens is 362 g/mol. The van der Waals surface area contributed by atoms with E-state index >= 15 is 0 Å². The normalized spacial score (nSPS) is 21.9. The first-order chi connectivity index (χ1) is 14.0. The summed E-state index contributed by atoms with van der Waals surface area (Å²) in [4.78, 5) is 27.8. The van der Waals surface area contributed by atoms with Crippen molar-refractivity contribution in [2.45, 2.75) is 58.0 Å². The molecule has 2 aromatic carbocycles. The molecule has 1 N–H and O–H groups in total. The van der Waals surface area contributed by atoms with Crippen molar-refractivity contribution in [3.8, 4) is 0 Å². The van der Waals surface area contributed by atoms with Crippen molar-refractivity contribution in [3.05, 3.63) is 76.4 Å². The number of amides is 1. The molecule has 0 spiro atoms. The number of hydrogen-bond donors (Lipinski definition) is 1. The molecule has 1 amide bonds. The number of ketones is 1. The molecule has 1 saturated heterocycles. The zero-order chi connectivity index (χ0) is 20.5. The fourth-order valence-corrected chi connectivity index (χ4v) is 4.54. The third-order valence-corrected chi connectivity index (χ3v) is 6.23. The molecule has 1 unspecified atom stereocenters. The molecule has 4 heteroatoms. The monoisotopic (exact) mass is 389 g/mol. The Balaban J connectivity index is 1.86. The van der Waals surface area contributed by atoms with Crippen LogP contribution in [0.5, 0.6) is 0 Å². The Hall–Kier alpha value is -2.88. The summed E-state index contributed by atoms with van der Waals surface area (Å²) in [5.74, 6) is -1.16. The molecule has 0 aromatic heterocycles. The highest BCUT2D eigenvalue weighted by atomic mass is 16.3. The lowest BCUT2D eigenvalue weighted by Crippen LogP contribution is -2.37. The molecular formula is C25H27NO3. The number of Topliss-reactive ketones (excluding diaryl/α,β-unsaturated/α-hetero) is 1. The van der Waals surface area contributed by atoms with Gasteiger partial charge in [0.1, 0.15) is 5.76 Å². The Morgan fingerprint density at radius 1 is 1.00 bits per heavy atom. The molecule has 1 aliphatic heterocycles. The predicted octanol–water partition coefficient (Wildman–Crippen LogP) is 4.92. The second-order valence-corrected chi connectivity index (χ2v) is 8.11. The number of rotatable bonds is 4. The Kier molecular flexibility index (Phi) is 5.27. The van der Waals surface area contributed by atoms with Crippen LogP contribution in [0.3, 0.4) is 0 Å². The SMILES string of the molecule is CCc1ccc(C2/C(=C(/O)c3ccc(C)cc3)C(=O)C(=O)N2C2CCCC2)cc1.